The van der Waals surface area contributed by atoms with Crippen LogP contribution >= 0.6 is 11.6 Å². The number of pyridine rings is 2. The zero-order valence-corrected chi connectivity index (χ0v) is 12.0. The first kappa shape index (κ1) is 14.5. The fraction of sp³-hybridized carbons (Fsp3) is 0.357. The van der Waals surface area contributed by atoms with Gasteiger partial charge in [-0.25, -0.2) is 9.78 Å². The summed E-state index contributed by atoms with van der Waals surface area (Å²) in [5, 5.41) is 3.99. The molecule has 2 heterocycles. The van der Waals surface area contributed by atoms with E-state index in [2.05, 4.69) is 15.3 Å². The van der Waals surface area contributed by atoms with Gasteiger partial charge in [-0.2, -0.15) is 0 Å². The van der Waals surface area contributed by atoms with E-state index in [9.17, 15) is 4.79 Å². The molecule has 0 unspecified atom stereocenters. The summed E-state index contributed by atoms with van der Waals surface area (Å²) in [6.45, 7) is 2.78. The van der Waals surface area contributed by atoms with Crippen LogP contribution in [-0.4, -0.2) is 22.7 Å². The summed E-state index contributed by atoms with van der Waals surface area (Å²) in [7, 11) is 0. The van der Waals surface area contributed by atoms with E-state index in [1.54, 1.807) is 18.3 Å². The van der Waals surface area contributed by atoms with Crippen molar-refractivity contribution in [3.8, 4) is 0 Å². The highest BCUT2D eigenvalue weighted by Gasteiger charge is 2.04. The van der Waals surface area contributed by atoms with E-state index in [1.807, 2.05) is 13.0 Å². The predicted molar refractivity (Wildman–Crippen MR) is 77.6 cm³/mol. The molecular formula is C14H16ClN3O2. The van der Waals surface area contributed by atoms with Gasteiger partial charge in [0.05, 0.1) is 24.4 Å². The summed E-state index contributed by atoms with van der Waals surface area (Å²) < 4.78 is 5.00. The lowest BCUT2D eigenvalue weighted by atomic mass is 10.2. The zero-order valence-electron chi connectivity index (χ0n) is 11.2. The average molecular weight is 294 g/mol. The molecule has 0 aliphatic rings. The van der Waals surface area contributed by atoms with Crippen molar-refractivity contribution in [1.29, 1.82) is 0 Å². The highest BCUT2D eigenvalue weighted by atomic mass is 35.5. The second-order valence-corrected chi connectivity index (χ2v) is 4.73. The number of nitrogens with one attached hydrogen (secondary N) is 1. The molecule has 0 spiro atoms. The predicted octanol–water partition coefficient (Wildman–Crippen LogP) is 3.31. The molecule has 0 bridgehead atoms. The third-order valence-electron chi connectivity index (χ3n) is 2.74. The molecule has 0 fully saturated rings. The van der Waals surface area contributed by atoms with Crippen molar-refractivity contribution in [1.82, 2.24) is 15.3 Å². The van der Waals surface area contributed by atoms with Gasteiger partial charge in [-0.3, -0.25) is 4.98 Å². The van der Waals surface area contributed by atoms with Crippen LogP contribution in [-0.2, 0) is 11.3 Å². The summed E-state index contributed by atoms with van der Waals surface area (Å²) >= 11 is 5.85. The number of rotatable bonds is 5. The Balaban J connectivity index is 1.94. The Morgan fingerprint density at radius 3 is 3.10 bits per heavy atom. The first-order valence-electron chi connectivity index (χ1n) is 6.51. The summed E-state index contributed by atoms with van der Waals surface area (Å²) in [5.74, 6) is 0. The van der Waals surface area contributed by atoms with Crippen LogP contribution in [0.5, 0.6) is 0 Å². The van der Waals surface area contributed by atoms with Crippen LogP contribution in [0.3, 0.4) is 0 Å². The standard InChI is InChI=1S/C14H16ClN3O2/c1-2-3-6-20-14(19)17-9-11-7-12-10(8-16-11)4-5-13(15)18-12/h4-5,7-8H,2-3,6,9H2,1H3,(H,17,19). The lowest BCUT2D eigenvalue weighted by molar-refractivity contribution is 0.144. The molecule has 0 aliphatic heterocycles. The minimum atomic E-state index is -0.431. The van der Waals surface area contributed by atoms with Gasteiger partial charge in [0.1, 0.15) is 5.15 Å². The number of hydrogen-bond acceptors (Lipinski definition) is 4. The lowest BCUT2D eigenvalue weighted by Crippen LogP contribution is -2.24. The SMILES string of the molecule is CCCCOC(=O)NCc1cc2nc(Cl)ccc2cn1. The quantitative estimate of drug-likeness (QED) is 0.678. The van der Waals surface area contributed by atoms with Crippen molar-refractivity contribution >= 4 is 28.6 Å². The Labute approximate surface area is 122 Å². The number of ether oxygens (including phenoxy) is 1. The number of alkyl carbamates (subject to hydrolysis) is 1. The van der Waals surface area contributed by atoms with Crippen molar-refractivity contribution < 1.29 is 9.53 Å². The number of carbonyl (C=O) groups excluding carboxylic acids is 1. The Morgan fingerprint density at radius 2 is 2.30 bits per heavy atom. The molecular weight excluding hydrogens is 278 g/mol. The van der Waals surface area contributed by atoms with E-state index in [-0.39, 0.29) is 0 Å². The largest absolute Gasteiger partial charge is 0.450 e. The van der Waals surface area contributed by atoms with Crippen LogP contribution in [0.15, 0.2) is 24.4 Å². The van der Waals surface area contributed by atoms with Crippen molar-refractivity contribution in [2.75, 3.05) is 6.61 Å². The van der Waals surface area contributed by atoms with Gasteiger partial charge >= 0.3 is 6.09 Å². The first-order chi connectivity index (χ1) is 9.69. The van der Waals surface area contributed by atoms with E-state index in [4.69, 9.17) is 16.3 Å². The number of unbranched alkanes of at least 4 members (excludes halogenated alkanes) is 1. The van der Waals surface area contributed by atoms with E-state index < -0.39 is 6.09 Å². The maximum atomic E-state index is 11.4. The van der Waals surface area contributed by atoms with Gasteiger partial charge in [-0.05, 0) is 24.6 Å². The maximum absolute atomic E-state index is 11.4. The van der Waals surface area contributed by atoms with E-state index in [0.717, 1.165) is 23.7 Å². The number of nitrogens with zero attached hydrogens (tertiary/aromatic N) is 2. The van der Waals surface area contributed by atoms with Gasteiger partial charge in [0.2, 0.25) is 0 Å². The molecule has 0 atom stereocenters. The van der Waals surface area contributed by atoms with Crippen LogP contribution in [0.4, 0.5) is 4.79 Å². The van der Waals surface area contributed by atoms with Crippen molar-refractivity contribution in [2.24, 2.45) is 0 Å². The molecule has 6 heteroatoms. The lowest BCUT2D eigenvalue weighted by Gasteiger charge is -2.06. The first-order valence-corrected chi connectivity index (χ1v) is 6.88. The third-order valence-corrected chi connectivity index (χ3v) is 2.95. The second-order valence-electron chi connectivity index (χ2n) is 4.35. The Morgan fingerprint density at radius 1 is 1.45 bits per heavy atom. The molecule has 0 aromatic carbocycles. The van der Waals surface area contributed by atoms with Gasteiger partial charge in [0.25, 0.3) is 0 Å². The summed E-state index contributed by atoms with van der Waals surface area (Å²) in [6, 6.07) is 5.37. The average Bonchev–Trinajstić information content (AvgIpc) is 2.45. The van der Waals surface area contributed by atoms with Gasteiger partial charge in [-0.15, -0.1) is 0 Å². The number of fused-ring (bicyclic) bond motifs is 1. The molecule has 2 aromatic rings. The van der Waals surface area contributed by atoms with E-state index in [1.165, 1.54) is 0 Å². The molecule has 0 saturated carbocycles. The van der Waals surface area contributed by atoms with Gasteiger partial charge < -0.3 is 10.1 Å². The van der Waals surface area contributed by atoms with Crippen molar-refractivity contribution in [3.05, 3.63) is 35.2 Å². The minimum Gasteiger partial charge on any atom is -0.450 e. The van der Waals surface area contributed by atoms with Crippen LogP contribution in [0.2, 0.25) is 5.15 Å². The van der Waals surface area contributed by atoms with E-state index in [0.29, 0.717) is 24.0 Å². The molecule has 0 aliphatic carbocycles. The topological polar surface area (TPSA) is 64.1 Å². The van der Waals surface area contributed by atoms with Gasteiger partial charge in [0.15, 0.2) is 0 Å². The highest BCUT2D eigenvalue weighted by molar-refractivity contribution is 6.29. The Hall–Kier alpha value is -1.88. The van der Waals surface area contributed by atoms with Crippen molar-refractivity contribution in [3.63, 3.8) is 0 Å². The molecule has 2 rings (SSSR count). The van der Waals surface area contributed by atoms with Crippen LogP contribution < -0.4 is 5.32 Å². The molecule has 2 aromatic heterocycles. The number of carbonyl (C=O) groups is 1. The smallest absolute Gasteiger partial charge is 0.407 e. The molecule has 106 valence electrons. The molecule has 1 N–H and O–H groups in total. The molecule has 1 amide bonds. The second kappa shape index (κ2) is 7.05. The minimum absolute atomic E-state index is 0.301. The third kappa shape index (κ3) is 4.06. The number of amides is 1. The van der Waals surface area contributed by atoms with Crippen LogP contribution in [0.25, 0.3) is 10.9 Å². The fourth-order valence-electron chi connectivity index (χ4n) is 1.65. The molecule has 5 nitrogen and oxygen atoms in total. The maximum Gasteiger partial charge on any atom is 0.407 e. The number of aromatic nitrogens is 2. The number of hydrogen-bond donors (Lipinski definition) is 1. The normalized spacial score (nSPS) is 10.5. The van der Waals surface area contributed by atoms with Gasteiger partial charge in [-0.1, -0.05) is 24.9 Å². The monoisotopic (exact) mass is 293 g/mol. The zero-order chi connectivity index (χ0) is 14.4. The fourth-order valence-corrected chi connectivity index (χ4v) is 1.81. The van der Waals surface area contributed by atoms with Crippen LogP contribution in [0, 0.1) is 0 Å². The highest BCUT2D eigenvalue weighted by Crippen LogP contribution is 2.15. The summed E-state index contributed by atoms with van der Waals surface area (Å²) in [6.07, 6.45) is 3.13. The summed E-state index contributed by atoms with van der Waals surface area (Å²) in [4.78, 5) is 19.9. The Bertz CT molecular complexity index is 604. The van der Waals surface area contributed by atoms with E-state index >= 15 is 0 Å². The summed E-state index contributed by atoms with van der Waals surface area (Å²) in [5.41, 5.74) is 1.46. The van der Waals surface area contributed by atoms with Crippen molar-refractivity contribution in [2.45, 2.75) is 26.3 Å². The van der Waals surface area contributed by atoms with Crippen LogP contribution in [0.1, 0.15) is 25.5 Å². The number of halogens is 1. The molecule has 20 heavy (non-hydrogen) atoms. The Kier molecular flexibility index (Phi) is 5.12. The molecule has 0 saturated heterocycles. The van der Waals surface area contributed by atoms with Gasteiger partial charge in [0, 0.05) is 11.6 Å². The molecule has 0 radical (unpaired) electrons.